The predicted octanol–water partition coefficient (Wildman–Crippen LogP) is 6.17. The van der Waals surface area contributed by atoms with Crippen LogP contribution in [0.2, 0.25) is 0 Å². The smallest absolute Gasteiger partial charge is 0.0759 e. The van der Waals surface area contributed by atoms with E-state index in [1.807, 2.05) is 0 Å². The Morgan fingerprint density at radius 1 is 1.04 bits per heavy atom. The first-order valence-electron chi connectivity index (χ1n) is 9.55. The van der Waals surface area contributed by atoms with Gasteiger partial charge in [0.05, 0.1) is 6.10 Å². The van der Waals surface area contributed by atoms with E-state index in [4.69, 9.17) is 4.18 Å². The molecule has 2 heteroatoms. The summed E-state index contributed by atoms with van der Waals surface area (Å²) in [5.41, 5.74) is 4.37. The third kappa shape index (κ3) is 2.31. The van der Waals surface area contributed by atoms with Gasteiger partial charge < -0.3 is 4.18 Å². The maximum Gasteiger partial charge on any atom is 0.0759 e. The number of hydrogen-bond acceptors (Lipinski definition) is 2. The van der Waals surface area contributed by atoms with Gasteiger partial charge in [-0.2, -0.15) is 0 Å². The van der Waals surface area contributed by atoms with Crippen LogP contribution in [-0.4, -0.2) is 12.4 Å². The van der Waals surface area contributed by atoms with Crippen molar-refractivity contribution in [2.24, 2.45) is 28.6 Å². The van der Waals surface area contributed by atoms with Crippen LogP contribution in [0.25, 0.3) is 0 Å². The summed E-state index contributed by atoms with van der Waals surface area (Å²) >= 11 is 1.55. The normalized spacial score (nSPS) is 48.9. The van der Waals surface area contributed by atoms with Crippen LogP contribution in [0.1, 0.15) is 65.7 Å². The van der Waals surface area contributed by atoms with Crippen molar-refractivity contribution in [1.29, 1.82) is 0 Å². The third-order valence-corrected chi connectivity index (χ3v) is 8.72. The third-order valence-electron chi connectivity index (χ3n) is 8.26. The minimum Gasteiger partial charge on any atom is -0.312 e. The van der Waals surface area contributed by atoms with Crippen molar-refractivity contribution in [3.8, 4) is 0 Å². The molecule has 4 aliphatic rings. The average Bonchev–Trinajstić information content (AvgIpc) is 2.84. The Labute approximate surface area is 146 Å². The molecule has 0 amide bonds. The SMILES string of the molecule is CSOC1CC[C@@]2(C)C(=CCC3C2CC[C@]2(C)C(C)=CCC32)C1. The molecule has 0 aromatic heterocycles. The molecule has 0 aliphatic heterocycles. The molecule has 0 heterocycles. The van der Waals surface area contributed by atoms with Gasteiger partial charge in [0.15, 0.2) is 0 Å². The molecule has 0 aromatic rings. The van der Waals surface area contributed by atoms with Gasteiger partial charge in [-0.15, -0.1) is 0 Å². The van der Waals surface area contributed by atoms with Crippen LogP contribution in [0.15, 0.2) is 23.3 Å². The fraction of sp³-hybridized carbons (Fsp3) is 0.810. The van der Waals surface area contributed by atoms with Crippen LogP contribution in [0.3, 0.4) is 0 Å². The van der Waals surface area contributed by atoms with E-state index in [0.29, 0.717) is 16.9 Å². The lowest BCUT2D eigenvalue weighted by molar-refractivity contribution is -0.0254. The molecular weight excluding hydrogens is 300 g/mol. The van der Waals surface area contributed by atoms with E-state index in [-0.39, 0.29) is 0 Å². The molecule has 2 fully saturated rings. The highest BCUT2D eigenvalue weighted by molar-refractivity contribution is 7.93. The minimum absolute atomic E-state index is 0.449. The zero-order valence-electron chi connectivity index (χ0n) is 15.2. The Kier molecular flexibility index (Phi) is 4.00. The molecule has 4 unspecified atom stereocenters. The molecule has 4 aliphatic carbocycles. The van der Waals surface area contributed by atoms with E-state index in [0.717, 1.165) is 17.8 Å². The zero-order chi connectivity index (χ0) is 16.2. The molecule has 0 N–H and O–H groups in total. The van der Waals surface area contributed by atoms with Gasteiger partial charge in [-0.25, -0.2) is 0 Å². The molecule has 2 saturated carbocycles. The largest absolute Gasteiger partial charge is 0.312 e. The molecule has 0 aromatic carbocycles. The van der Waals surface area contributed by atoms with Gasteiger partial charge in [-0.05, 0) is 92.5 Å². The van der Waals surface area contributed by atoms with E-state index >= 15 is 0 Å². The van der Waals surface area contributed by atoms with Crippen LogP contribution >= 0.6 is 12.0 Å². The molecule has 0 saturated heterocycles. The summed E-state index contributed by atoms with van der Waals surface area (Å²) in [4.78, 5) is 0. The van der Waals surface area contributed by atoms with E-state index in [2.05, 4.69) is 39.2 Å². The van der Waals surface area contributed by atoms with E-state index in [1.165, 1.54) is 44.9 Å². The summed E-state index contributed by atoms with van der Waals surface area (Å²) in [5, 5.41) is 0. The van der Waals surface area contributed by atoms with Crippen molar-refractivity contribution in [2.75, 3.05) is 6.26 Å². The average molecular weight is 333 g/mol. The van der Waals surface area contributed by atoms with Gasteiger partial charge in [0.2, 0.25) is 0 Å². The van der Waals surface area contributed by atoms with Gasteiger partial charge in [0, 0.05) is 6.26 Å². The summed E-state index contributed by atoms with van der Waals surface area (Å²) in [6.45, 7) is 7.53. The van der Waals surface area contributed by atoms with Gasteiger partial charge in [-0.3, -0.25) is 0 Å². The molecular formula is C21H32OS. The molecule has 0 radical (unpaired) electrons. The Morgan fingerprint density at radius 2 is 1.83 bits per heavy atom. The molecule has 4 rings (SSSR count). The number of rotatable bonds is 2. The minimum atomic E-state index is 0.449. The first kappa shape index (κ1) is 16.3. The van der Waals surface area contributed by atoms with Crippen molar-refractivity contribution in [3.05, 3.63) is 23.3 Å². The first-order chi connectivity index (χ1) is 11.0. The summed E-state index contributed by atoms with van der Waals surface area (Å²) in [5.74, 6) is 2.72. The second-order valence-electron chi connectivity index (χ2n) is 8.97. The summed E-state index contributed by atoms with van der Waals surface area (Å²) in [7, 11) is 0. The fourth-order valence-corrected chi connectivity index (χ4v) is 7.06. The summed E-state index contributed by atoms with van der Waals surface area (Å²) in [6, 6.07) is 0. The predicted molar refractivity (Wildman–Crippen MR) is 99.2 cm³/mol. The van der Waals surface area contributed by atoms with Crippen molar-refractivity contribution < 1.29 is 4.18 Å². The lowest BCUT2D eigenvalue weighted by atomic mass is 9.47. The Hall–Kier alpha value is -0.210. The zero-order valence-corrected chi connectivity index (χ0v) is 16.0. The van der Waals surface area contributed by atoms with Gasteiger partial charge >= 0.3 is 0 Å². The molecule has 0 bridgehead atoms. The van der Waals surface area contributed by atoms with Crippen molar-refractivity contribution in [1.82, 2.24) is 0 Å². The highest BCUT2D eigenvalue weighted by atomic mass is 32.2. The Bertz CT molecular complexity index is 550. The first-order valence-corrected chi connectivity index (χ1v) is 10.7. The maximum absolute atomic E-state index is 5.88. The van der Waals surface area contributed by atoms with Crippen LogP contribution in [0.5, 0.6) is 0 Å². The van der Waals surface area contributed by atoms with E-state index < -0.39 is 0 Å². The van der Waals surface area contributed by atoms with E-state index in [1.54, 1.807) is 23.2 Å². The lowest BCUT2D eigenvalue weighted by Gasteiger charge is -2.57. The van der Waals surface area contributed by atoms with Crippen LogP contribution < -0.4 is 0 Å². The van der Waals surface area contributed by atoms with Crippen LogP contribution in [-0.2, 0) is 4.18 Å². The van der Waals surface area contributed by atoms with Crippen molar-refractivity contribution in [2.45, 2.75) is 71.8 Å². The van der Waals surface area contributed by atoms with Crippen molar-refractivity contribution in [3.63, 3.8) is 0 Å². The lowest BCUT2D eigenvalue weighted by Crippen LogP contribution is -2.49. The quantitative estimate of drug-likeness (QED) is 0.442. The summed E-state index contributed by atoms with van der Waals surface area (Å²) < 4.78 is 5.88. The standard InChI is InChI=1S/C21H32OS/c1-14-5-8-18-17-7-6-15-13-16(22-23-4)9-11-21(15,3)19(17)10-12-20(14,18)2/h5-6,16-19H,7-13H2,1-4H3/t16?,17?,18?,19?,20-,21+/m1/s1. The topological polar surface area (TPSA) is 9.23 Å². The second-order valence-corrected chi connectivity index (χ2v) is 9.49. The summed E-state index contributed by atoms with van der Waals surface area (Å²) in [6.07, 6.45) is 17.0. The Morgan fingerprint density at radius 3 is 2.61 bits per heavy atom. The molecule has 1 nitrogen and oxygen atoms in total. The van der Waals surface area contributed by atoms with Gasteiger partial charge in [-0.1, -0.05) is 37.1 Å². The monoisotopic (exact) mass is 332 g/mol. The van der Waals surface area contributed by atoms with Gasteiger partial charge in [0.25, 0.3) is 0 Å². The fourth-order valence-electron chi connectivity index (χ4n) is 6.63. The number of hydrogen-bond donors (Lipinski definition) is 0. The van der Waals surface area contributed by atoms with E-state index in [9.17, 15) is 0 Å². The number of fused-ring (bicyclic) bond motifs is 5. The number of allylic oxidation sites excluding steroid dienone is 3. The second kappa shape index (κ2) is 5.66. The van der Waals surface area contributed by atoms with Gasteiger partial charge in [0.1, 0.15) is 0 Å². The Balaban J connectivity index is 1.61. The van der Waals surface area contributed by atoms with Crippen LogP contribution in [0.4, 0.5) is 0 Å². The molecule has 6 atom stereocenters. The molecule has 0 spiro atoms. The maximum atomic E-state index is 5.88. The highest BCUT2D eigenvalue weighted by Crippen LogP contribution is 2.64. The highest BCUT2D eigenvalue weighted by Gasteiger charge is 2.56. The molecule has 128 valence electrons. The van der Waals surface area contributed by atoms with Crippen molar-refractivity contribution >= 4 is 12.0 Å². The van der Waals surface area contributed by atoms with Crippen LogP contribution in [0, 0.1) is 28.6 Å². The molecule has 23 heavy (non-hydrogen) atoms.